The average molecular weight is 263 g/mol. The lowest BCUT2D eigenvalue weighted by atomic mass is 10.1. The van der Waals surface area contributed by atoms with E-state index in [1.165, 1.54) is 11.1 Å². The van der Waals surface area contributed by atoms with E-state index < -0.39 is 5.97 Å². The molecule has 2 N–H and O–H groups in total. The Morgan fingerprint density at radius 1 is 1.33 bits per heavy atom. The minimum Gasteiger partial charge on any atom is -0.481 e. The lowest BCUT2D eigenvalue weighted by Gasteiger charge is -2.01. The lowest BCUT2D eigenvalue weighted by molar-refractivity contribution is -0.133. The van der Waals surface area contributed by atoms with Crippen molar-refractivity contribution in [3.8, 4) is 11.4 Å². The van der Waals surface area contributed by atoms with Gasteiger partial charge in [0.05, 0.1) is 5.75 Å². The molecule has 0 bridgehead atoms. The number of aromatic amines is 1. The Balaban J connectivity index is 2.18. The minimum atomic E-state index is -0.871. The molecule has 0 saturated heterocycles. The number of carboxylic acids is 1. The highest BCUT2D eigenvalue weighted by Gasteiger charge is 2.08. The zero-order chi connectivity index (χ0) is 13.1. The van der Waals surface area contributed by atoms with Crippen LogP contribution in [-0.2, 0) is 4.79 Å². The molecule has 2 rings (SSSR count). The van der Waals surface area contributed by atoms with Gasteiger partial charge in [-0.15, -0.1) is 10.2 Å². The van der Waals surface area contributed by atoms with Gasteiger partial charge in [0, 0.05) is 5.56 Å². The lowest BCUT2D eigenvalue weighted by Crippen LogP contribution is -1.97. The monoisotopic (exact) mass is 263 g/mol. The largest absolute Gasteiger partial charge is 0.481 e. The molecule has 0 fully saturated rings. The summed E-state index contributed by atoms with van der Waals surface area (Å²) >= 11 is 1.12. The van der Waals surface area contributed by atoms with Crippen LogP contribution in [0.2, 0.25) is 0 Å². The van der Waals surface area contributed by atoms with Gasteiger partial charge in [-0.25, -0.2) is 0 Å². The first kappa shape index (κ1) is 12.6. The SMILES string of the molecule is Cc1ccc(-c2nnc(SCC(=O)O)[nH]2)cc1C. The molecule has 0 aliphatic rings. The maximum absolute atomic E-state index is 10.4. The summed E-state index contributed by atoms with van der Waals surface area (Å²) in [5.74, 6) is -0.239. The van der Waals surface area contributed by atoms with Gasteiger partial charge in [-0.3, -0.25) is 4.79 Å². The highest BCUT2D eigenvalue weighted by atomic mass is 32.2. The van der Waals surface area contributed by atoms with Crippen molar-refractivity contribution in [1.29, 1.82) is 0 Å². The van der Waals surface area contributed by atoms with Crippen LogP contribution >= 0.6 is 11.8 Å². The van der Waals surface area contributed by atoms with Gasteiger partial charge >= 0.3 is 5.97 Å². The molecule has 1 aromatic heterocycles. The van der Waals surface area contributed by atoms with Crippen molar-refractivity contribution in [2.75, 3.05) is 5.75 Å². The number of rotatable bonds is 4. The number of hydrogen-bond donors (Lipinski definition) is 2. The van der Waals surface area contributed by atoms with Gasteiger partial charge in [-0.2, -0.15) is 0 Å². The van der Waals surface area contributed by atoms with Crippen LogP contribution in [0.1, 0.15) is 11.1 Å². The number of benzene rings is 1. The average Bonchev–Trinajstić information content (AvgIpc) is 2.79. The minimum absolute atomic E-state index is 0.0262. The van der Waals surface area contributed by atoms with Crippen LogP contribution in [0.25, 0.3) is 11.4 Å². The molecule has 5 nitrogen and oxygen atoms in total. The summed E-state index contributed by atoms with van der Waals surface area (Å²) in [5.41, 5.74) is 3.36. The standard InChI is InChI=1S/C12H13N3O2S/c1-7-3-4-9(5-8(7)2)11-13-12(15-14-11)18-6-10(16)17/h3-5H,6H2,1-2H3,(H,16,17)(H,13,14,15). The number of H-pyrrole nitrogens is 1. The number of aryl methyl sites for hydroxylation is 2. The smallest absolute Gasteiger partial charge is 0.313 e. The van der Waals surface area contributed by atoms with E-state index in [0.29, 0.717) is 11.0 Å². The Kier molecular flexibility index (Phi) is 3.66. The van der Waals surface area contributed by atoms with Crippen molar-refractivity contribution in [2.24, 2.45) is 0 Å². The first-order chi connectivity index (χ1) is 8.56. The quantitative estimate of drug-likeness (QED) is 0.827. The Morgan fingerprint density at radius 3 is 2.78 bits per heavy atom. The normalized spacial score (nSPS) is 10.6. The number of hydrogen-bond acceptors (Lipinski definition) is 4. The summed E-state index contributed by atoms with van der Waals surface area (Å²) in [6.07, 6.45) is 0. The Labute approximate surface area is 109 Å². The molecule has 0 aliphatic heterocycles. The van der Waals surface area contributed by atoms with Crippen molar-refractivity contribution in [3.63, 3.8) is 0 Å². The third kappa shape index (κ3) is 2.89. The van der Waals surface area contributed by atoms with Crippen LogP contribution in [0.3, 0.4) is 0 Å². The predicted molar refractivity (Wildman–Crippen MR) is 69.7 cm³/mol. The predicted octanol–water partition coefficient (Wildman–Crippen LogP) is 2.27. The Hall–Kier alpha value is -1.82. The third-order valence-corrected chi connectivity index (χ3v) is 3.43. The van der Waals surface area contributed by atoms with Gasteiger partial charge in [0.15, 0.2) is 11.0 Å². The van der Waals surface area contributed by atoms with Gasteiger partial charge in [-0.05, 0) is 31.0 Å². The maximum atomic E-state index is 10.4. The molecule has 0 unspecified atom stereocenters. The first-order valence-electron chi connectivity index (χ1n) is 5.41. The maximum Gasteiger partial charge on any atom is 0.313 e. The second-order valence-electron chi connectivity index (χ2n) is 3.96. The van der Waals surface area contributed by atoms with Crippen LogP contribution < -0.4 is 0 Å². The van der Waals surface area contributed by atoms with Crippen molar-refractivity contribution in [3.05, 3.63) is 29.3 Å². The fraction of sp³-hybridized carbons (Fsp3) is 0.250. The fourth-order valence-electron chi connectivity index (χ4n) is 1.46. The first-order valence-corrected chi connectivity index (χ1v) is 6.39. The van der Waals surface area contributed by atoms with E-state index >= 15 is 0 Å². The van der Waals surface area contributed by atoms with Gasteiger partial charge in [0.2, 0.25) is 0 Å². The molecule has 0 spiro atoms. The molecule has 0 amide bonds. The molecule has 0 aliphatic carbocycles. The molecule has 0 saturated carbocycles. The zero-order valence-corrected chi connectivity index (χ0v) is 10.9. The van der Waals surface area contributed by atoms with Crippen LogP contribution in [0.15, 0.2) is 23.4 Å². The second-order valence-corrected chi connectivity index (χ2v) is 4.92. The summed E-state index contributed by atoms with van der Waals surface area (Å²) in [7, 11) is 0. The molecule has 1 aromatic carbocycles. The van der Waals surface area contributed by atoms with E-state index in [4.69, 9.17) is 5.11 Å². The van der Waals surface area contributed by atoms with Crippen molar-refractivity contribution in [1.82, 2.24) is 15.2 Å². The Morgan fingerprint density at radius 2 is 2.11 bits per heavy atom. The second kappa shape index (κ2) is 5.22. The highest BCUT2D eigenvalue weighted by Crippen LogP contribution is 2.21. The van der Waals surface area contributed by atoms with Crippen LogP contribution in [-0.4, -0.2) is 32.0 Å². The molecule has 0 radical (unpaired) electrons. The van der Waals surface area contributed by atoms with E-state index in [0.717, 1.165) is 17.3 Å². The molecule has 1 heterocycles. The molecule has 2 aromatic rings. The van der Waals surface area contributed by atoms with Gasteiger partial charge in [-0.1, -0.05) is 23.9 Å². The summed E-state index contributed by atoms with van der Waals surface area (Å²) in [6.45, 7) is 4.09. The number of aliphatic carboxylic acids is 1. The van der Waals surface area contributed by atoms with Crippen LogP contribution in [0.4, 0.5) is 0 Å². The molecular weight excluding hydrogens is 250 g/mol. The molecule has 18 heavy (non-hydrogen) atoms. The molecule has 6 heteroatoms. The number of nitrogens with zero attached hydrogens (tertiary/aromatic N) is 2. The third-order valence-electron chi connectivity index (χ3n) is 2.58. The van der Waals surface area contributed by atoms with E-state index in [-0.39, 0.29) is 5.75 Å². The topological polar surface area (TPSA) is 78.9 Å². The fourth-order valence-corrected chi connectivity index (χ4v) is 1.99. The number of carbonyl (C=O) groups is 1. The Bertz CT molecular complexity index is 580. The molecule has 0 atom stereocenters. The van der Waals surface area contributed by atoms with Crippen LogP contribution in [0, 0.1) is 13.8 Å². The summed E-state index contributed by atoms with van der Waals surface area (Å²) in [6, 6.07) is 6.02. The van der Waals surface area contributed by atoms with Crippen molar-refractivity contribution in [2.45, 2.75) is 19.0 Å². The van der Waals surface area contributed by atoms with E-state index in [1.54, 1.807) is 0 Å². The highest BCUT2D eigenvalue weighted by molar-refractivity contribution is 7.99. The van der Waals surface area contributed by atoms with Gasteiger partial charge < -0.3 is 10.1 Å². The summed E-state index contributed by atoms with van der Waals surface area (Å²) < 4.78 is 0. The van der Waals surface area contributed by atoms with Crippen LogP contribution in [0.5, 0.6) is 0 Å². The summed E-state index contributed by atoms with van der Waals surface area (Å²) in [5, 5.41) is 17.0. The van der Waals surface area contributed by atoms with Crippen molar-refractivity contribution < 1.29 is 9.90 Å². The van der Waals surface area contributed by atoms with Gasteiger partial charge in [0.1, 0.15) is 0 Å². The number of thioether (sulfide) groups is 1. The van der Waals surface area contributed by atoms with E-state index in [1.807, 2.05) is 32.0 Å². The van der Waals surface area contributed by atoms with E-state index in [9.17, 15) is 4.79 Å². The number of aromatic nitrogens is 3. The zero-order valence-electron chi connectivity index (χ0n) is 10.1. The van der Waals surface area contributed by atoms with Gasteiger partial charge in [0.25, 0.3) is 0 Å². The summed E-state index contributed by atoms with van der Waals surface area (Å²) in [4.78, 5) is 13.5. The van der Waals surface area contributed by atoms with E-state index in [2.05, 4.69) is 15.2 Å². The molecular formula is C12H13N3O2S. The van der Waals surface area contributed by atoms with Crippen molar-refractivity contribution >= 4 is 17.7 Å². The number of carboxylic acid groups (broad SMARTS) is 1. The molecule has 94 valence electrons. The number of nitrogens with one attached hydrogen (secondary N) is 1.